The lowest BCUT2D eigenvalue weighted by molar-refractivity contribution is -0.118. The molecule has 1 atom stereocenters. The Bertz CT molecular complexity index is 168. The highest BCUT2D eigenvalue weighted by Crippen LogP contribution is 2.18. The monoisotopic (exact) mass is 138 g/mol. The Balaban J connectivity index is 2.63. The maximum Gasteiger partial charge on any atom is 0.136 e. The van der Waals surface area contributed by atoms with E-state index in [1.165, 1.54) is 5.57 Å². The zero-order valence-corrected chi connectivity index (χ0v) is 6.68. The lowest BCUT2D eigenvalue weighted by Gasteiger charge is -1.99. The van der Waals surface area contributed by atoms with Crippen LogP contribution in [0.1, 0.15) is 33.1 Å². The number of carbonyl (C=O) groups is 1. The molecule has 0 aromatic carbocycles. The Labute approximate surface area is 62.1 Å². The van der Waals surface area contributed by atoms with Crippen molar-refractivity contribution >= 4 is 5.78 Å². The van der Waals surface area contributed by atoms with Gasteiger partial charge in [-0.15, -0.1) is 0 Å². The smallest absolute Gasteiger partial charge is 0.136 e. The summed E-state index contributed by atoms with van der Waals surface area (Å²) in [6.45, 7) is 4.21. The van der Waals surface area contributed by atoms with Crippen LogP contribution >= 0.6 is 0 Å². The van der Waals surface area contributed by atoms with Gasteiger partial charge < -0.3 is 0 Å². The molecule has 0 saturated heterocycles. The number of hydrogen-bond donors (Lipinski definition) is 0. The van der Waals surface area contributed by atoms with E-state index in [9.17, 15) is 4.79 Å². The molecule has 0 N–H and O–H groups in total. The van der Waals surface area contributed by atoms with Gasteiger partial charge in [-0.1, -0.05) is 18.6 Å². The third-order valence-corrected chi connectivity index (χ3v) is 1.92. The van der Waals surface area contributed by atoms with Crippen LogP contribution in [0.15, 0.2) is 11.6 Å². The Hall–Kier alpha value is -0.590. The highest BCUT2D eigenvalue weighted by molar-refractivity contribution is 5.81. The van der Waals surface area contributed by atoms with Crippen LogP contribution in [0.3, 0.4) is 0 Å². The van der Waals surface area contributed by atoms with Gasteiger partial charge in [0.05, 0.1) is 0 Å². The zero-order chi connectivity index (χ0) is 7.56. The zero-order valence-electron chi connectivity index (χ0n) is 6.68. The van der Waals surface area contributed by atoms with Gasteiger partial charge in [0.15, 0.2) is 0 Å². The van der Waals surface area contributed by atoms with E-state index < -0.39 is 0 Å². The summed E-state index contributed by atoms with van der Waals surface area (Å²) in [5.41, 5.74) is 1.25. The second-order valence-electron chi connectivity index (χ2n) is 3.24. The predicted octanol–water partition coefficient (Wildman–Crippen LogP) is 2.32. The fourth-order valence-corrected chi connectivity index (χ4v) is 1.42. The van der Waals surface area contributed by atoms with Crippen molar-refractivity contribution in [3.8, 4) is 0 Å². The van der Waals surface area contributed by atoms with Gasteiger partial charge >= 0.3 is 0 Å². The second-order valence-corrected chi connectivity index (χ2v) is 3.24. The van der Waals surface area contributed by atoms with Gasteiger partial charge in [-0.2, -0.15) is 0 Å². The van der Waals surface area contributed by atoms with E-state index in [2.05, 4.69) is 13.0 Å². The van der Waals surface area contributed by atoms with Crippen LogP contribution in [0, 0.1) is 5.92 Å². The summed E-state index contributed by atoms with van der Waals surface area (Å²) in [4.78, 5) is 11.0. The van der Waals surface area contributed by atoms with E-state index in [-0.39, 0.29) is 0 Å². The molecule has 56 valence electrons. The van der Waals surface area contributed by atoms with Crippen molar-refractivity contribution in [3.05, 3.63) is 11.6 Å². The largest absolute Gasteiger partial charge is 0.299 e. The van der Waals surface area contributed by atoms with Crippen LogP contribution in [0.2, 0.25) is 0 Å². The van der Waals surface area contributed by atoms with Gasteiger partial charge in [-0.3, -0.25) is 4.79 Å². The Morgan fingerprint density at radius 1 is 1.60 bits per heavy atom. The number of hydrogen-bond acceptors (Lipinski definition) is 1. The molecular weight excluding hydrogens is 124 g/mol. The lowest BCUT2D eigenvalue weighted by atomic mass is 10.1. The van der Waals surface area contributed by atoms with Gasteiger partial charge in [0.25, 0.3) is 0 Å². The van der Waals surface area contributed by atoms with Crippen molar-refractivity contribution in [1.82, 2.24) is 0 Å². The van der Waals surface area contributed by atoms with Crippen LogP contribution in [-0.4, -0.2) is 5.78 Å². The summed E-state index contributed by atoms with van der Waals surface area (Å²) >= 11 is 0. The summed E-state index contributed by atoms with van der Waals surface area (Å²) in [5, 5.41) is 0. The minimum atomic E-state index is 0.401. The molecule has 0 heterocycles. The Morgan fingerprint density at radius 3 is 3.00 bits per heavy atom. The quantitative estimate of drug-likeness (QED) is 0.469. The van der Waals surface area contributed by atoms with Crippen LogP contribution < -0.4 is 0 Å². The average Bonchev–Trinajstić information content (AvgIpc) is 1.93. The highest BCUT2D eigenvalue weighted by atomic mass is 16.1. The van der Waals surface area contributed by atoms with Gasteiger partial charge in [-0.05, 0) is 19.3 Å². The molecule has 1 aliphatic rings. The molecule has 1 aliphatic carbocycles. The normalized spacial score (nSPS) is 27.6. The molecule has 0 fully saturated rings. The number of Topliss-reactive ketones (excluding diaryl/α,β-unsaturated/α-hetero) is 1. The first-order chi connectivity index (χ1) is 4.68. The first-order valence-electron chi connectivity index (χ1n) is 3.87. The molecule has 0 saturated carbocycles. The molecule has 1 unspecified atom stereocenters. The summed E-state index contributed by atoms with van der Waals surface area (Å²) < 4.78 is 0. The lowest BCUT2D eigenvalue weighted by Crippen LogP contribution is -1.95. The molecule has 0 aliphatic heterocycles. The average molecular weight is 138 g/mol. The number of rotatable bonds is 0. The number of carbonyl (C=O) groups excluding carboxylic acids is 1. The van der Waals surface area contributed by atoms with Crippen molar-refractivity contribution in [2.75, 3.05) is 0 Å². The SMILES string of the molecule is CC1=CC(C)CCC(=O)C1. The molecule has 0 spiro atoms. The Kier molecular flexibility index (Phi) is 2.25. The molecule has 1 heteroatoms. The van der Waals surface area contributed by atoms with Crippen molar-refractivity contribution in [2.45, 2.75) is 33.1 Å². The van der Waals surface area contributed by atoms with Crippen molar-refractivity contribution < 1.29 is 4.79 Å². The fraction of sp³-hybridized carbons (Fsp3) is 0.667. The van der Waals surface area contributed by atoms with E-state index >= 15 is 0 Å². The third-order valence-electron chi connectivity index (χ3n) is 1.92. The number of allylic oxidation sites excluding steroid dienone is 2. The van der Waals surface area contributed by atoms with E-state index in [1.54, 1.807) is 0 Å². The molecule has 10 heavy (non-hydrogen) atoms. The Morgan fingerprint density at radius 2 is 2.30 bits per heavy atom. The van der Waals surface area contributed by atoms with Crippen molar-refractivity contribution in [3.63, 3.8) is 0 Å². The maximum absolute atomic E-state index is 11.0. The first kappa shape index (κ1) is 7.52. The summed E-state index contributed by atoms with van der Waals surface area (Å²) in [5.74, 6) is 1.00. The minimum Gasteiger partial charge on any atom is -0.299 e. The van der Waals surface area contributed by atoms with Crippen molar-refractivity contribution in [2.24, 2.45) is 5.92 Å². The van der Waals surface area contributed by atoms with Gasteiger partial charge in [-0.25, -0.2) is 0 Å². The second kappa shape index (κ2) is 3.00. The van der Waals surface area contributed by atoms with Gasteiger partial charge in [0.2, 0.25) is 0 Å². The summed E-state index contributed by atoms with van der Waals surface area (Å²) in [6, 6.07) is 0. The molecule has 0 bridgehead atoms. The van der Waals surface area contributed by atoms with Crippen LogP contribution in [0.5, 0.6) is 0 Å². The molecule has 0 radical (unpaired) electrons. The molecule has 0 amide bonds. The summed E-state index contributed by atoms with van der Waals surface area (Å²) in [6.07, 6.45) is 4.71. The molecule has 1 nitrogen and oxygen atoms in total. The fourth-order valence-electron chi connectivity index (χ4n) is 1.42. The number of ketones is 1. The summed E-state index contributed by atoms with van der Waals surface area (Å²) in [7, 11) is 0. The van der Waals surface area contributed by atoms with Crippen LogP contribution in [-0.2, 0) is 4.79 Å². The van der Waals surface area contributed by atoms with Gasteiger partial charge in [0.1, 0.15) is 5.78 Å². The first-order valence-corrected chi connectivity index (χ1v) is 3.87. The van der Waals surface area contributed by atoms with Gasteiger partial charge in [0, 0.05) is 12.8 Å². The third kappa shape index (κ3) is 1.98. The van der Waals surface area contributed by atoms with Crippen LogP contribution in [0.25, 0.3) is 0 Å². The maximum atomic E-state index is 11.0. The molecular formula is C9H14O. The van der Waals surface area contributed by atoms with E-state index in [0.717, 1.165) is 12.8 Å². The van der Waals surface area contributed by atoms with E-state index in [4.69, 9.17) is 0 Å². The highest BCUT2D eigenvalue weighted by Gasteiger charge is 2.10. The molecule has 0 aromatic rings. The van der Waals surface area contributed by atoms with Crippen molar-refractivity contribution in [1.29, 1.82) is 0 Å². The van der Waals surface area contributed by atoms with E-state index in [1.807, 2.05) is 6.92 Å². The topological polar surface area (TPSA) is 17.1 Å². The predicted molar refractivity (Wildman–Crippen MR) is 41.8 cm³/mol. The van der Waals surface area contributed by atoms with E-state index in [0.29, 0.717) is 18.1 Å². The molecule has 1 rings (SSSR count). The molecule has 0 aromatic heterocycles. The van der Waals surface area contributed by atoms with Crippen LogP contribution in [0.4, 0.5) is 0 Å². The minimum absolute atomic E-state index is 0.401. The standard InChI is InChI=1S/C9H14O/c1-7-3-4-9(10)6-8(2)5-7/h5,7H,3-4,6H2,1-2H3.